The molecule has 22 heteroatoms. The number of carbonyl (C=O) groups excluding carboxylic acids is 1. The molecule has 4 heterocycles. The third-order valence-corrected chi connectivity index (χ3v) is 14.5. The lowest BCUT2D eigenvalue weighted by Crippen LogP contribution is -2.43. The van der Waals surface area contributed by atoms with E-state index in [0.29, 0.717) is 28.7 Å². The van der Waals surface area contributed by atoms with Gasteiger partial charge in [0.1, 0.15) is 47.5 Å². The van der Waals surface area contributed by atoms with E-state index in [1.54, 1.807) is 37.2 Å². The van der Waals surface area contributed by atoms with Crippen LogP contribution in [-0.4, -0.2) is 121 Å². The van der Waals surface area contributed by atoms with Crippen molar-refractivity contribution in [3.63, 3.8) is 0 Å². The summed E-state index contributed by atoms with van der Waals surface area (Å²) in [7, 11) is 1.34. The first-order valence-electron chi connectivity index (χ1n) is 24.9. The van der Waals surface area contributed by atoms with Crippen molar-refractivity contribution < 1.29 is 42.3 Å². The summed E-state index contributed by atoms with van der Waals surface area (Å²) >= 11 is 0. The summed E-state index contributed by atoms with van der Waals surface area (Å²) in [6.07, 6.45) is -0.306. The number of nitrogens with zero attached hydrogens (tertiary/aromatic N) is 11. The molecule has 1 amide bonds. The first-order valence-corrected chi connectivity index (χ1v) is 26.0. The van der Waals surface area contributed by atoms with Gasteiger partial charge >= 0.3 is 0 Å². The summed E-state index contributed by atoms with van der Waals surface area (Å²) in [6, 6.07) is 38.6. The standard InChI is InChI=1S/C54H61N12O9P/c1-37(2)66(38(3)4)76(73-31-14-29-56)75-49-45(33-72-54(39-15-9-7-10-16-39,40-19-23-42(68-5)24-20-40)41-21-25-43(69-6)26-22-41)74-53(50(49)70-32-27-46-61-63-65(62-46)30-13-28-55)64-36-59-48-51(57-35-58-52(48)64)60-47(67)34-71-44-17-11-8-12-18-44/h7-12,15-26,35-38,45,49-50,53H,13-14,27,30-34H2,1-6H3,(H,57,58,60,67)/t45-,49-,50-,53-,76?/m1/s1. The molecule has 396 valence electrons. The lowest BCUT2D eigenvalue weighted by atomic mass is 9.80. The molecule has 3 aromatic heterocycles. The highest BCUT2D eigenvalue weighted by molar-refractivity contribution is 7.44. The van der Waals surface area contributed by atoms with E-state index in [1.165, 1.54) is 11.1 Å². The highest BCUT2D eigenvalue weighted by atomic mass is 31.2. The molecule has 76 heavy (non-hydrogen) atoms. The Bertz CT molecular complexity index is 2970. The summed E-state index contributed by atoms with van der Waals surface area (Å²) in [4.78, 5) is 28.5. The molecule has 1 saturated heterocycles. The fourth-order valence-corrected chi connectivity index (χ4v) is 10.7. The molecule has 1 unspecified atom stereocenters. The smallest absolute Gasteiger partial charge is 0.263 e. The fraction of sp³-hybridized carbons (Fsp3) is 0.389. The molecule has 0 aliphatic carbocycles. The van der Waals surface area contributed by atoms with Gasteiger partial charge in [0.05, 0.1) is 71.9 Å². The van der Waals surface area contributed by atoms with Crippen molar-refractivity contribution in [1.29, 1.82) is 10.5 Å². The quantitative estimate of drug-likeness (QED) is 0.0292. The van der Waals surface area contributed by atoms with Gasteiger partial charge in [-0.05, 0) is 86.0 Å². The number of amides is 1. The maximum Gasteiger partial charge on any atom is 0.263 e. The van der Waals surface area contributed by atoms with Crippen LogP contribution in [0.4, 0.5) is 5.82 Å². The molecular weight excluding hydrogens is 992 g/mol. The molecular formula is C54H61N12O9P. The van der Waals surface area contributed by atoms with E-state index in [4.69, 9.17) is 42.5 Å². The number of aromatic nitrogens is 8. The topological polar surface area (TPSA) is 241 Å². The first-order chi connectivity index (χ1) is 37.1. The average Bonchev–Trinajstić information content (AvgIpc) is 4.26. The molecule has 8 rings (SSSR count). The minimum absolute atomic E-state index is 0.0491. The second-order valence-electron chi connectivity index (χ2n) is 18.0. The molecule has 5 atom stereocenters. The molecule has 4 aromatic carbocycles. The molecule has 0 saturated carbocycles. The number of ether oxygens (including phenoxy) is 6. The number of hydrogen-bond donors (Lipinski definition) is 1. The number of nitrogens with one attached hydrogen (secondary N) is 1. The van der Waals surface area contributed by atoms with Crippen LogP contribution < -0.4 is 19.5 Å². The van der Waals surface area contributed by atoms with Gasteiger partial charge in [0.15, 0.2) is 35.6 Å². The predicted molar refractivity (Wildman–Crippen MR) is 280 cm³/mol. The summed E-state index contributed by atoms with van der Waals surface area (Å²) in [5.41, 5.74) is 1.77. The zero-order valence-electron chi connectivity index (χ0n) is 43.2. The monoisotopic (exact) mass is 1050 g/mol. The van der Waals surface area contributed by atoms with Crippen molar-refractivity contribution in [3.8, 4) is 29.4 Å². The number of carbonyl (C=O) groups is 1. The van der Waals surface area contributed by atoms with Crippen molar-refractivity contribution in [3.05, 3.63) is 144 Å². The van der Waals surface area contributed by atoms with Gasteiger partial charge < -0.3 is 42.8 Å². The average molecular weight is 1050 g/mol. The Morgan fingerprint density at radius 3 is 2.08 bits per heavy atom. The van der Waals surface area contributed by atoms with Crippen LogP contribution in [0.1, 0.15) is 69.3 Å². The van der Waals surface area contributed by atoms with Gasteiger partial charge in [-0.2, -0.15) is 15.3 Å². The maximum atomic E-state index is 13.3. The van der Waals surface area contributed by atoms with Gasteiger partial charge in [-0.3, -0.25) is 9.36 Å². The molecule has 0 bridgehead atoms. The van der Waals surface area contributed by atoms with Crippen molar-refractivity contribution in [2.75, 3.05) is 46.0 Å². The molecule has 21 nitrogen and oxygen atoms in total. The Hall–Kier alpha value is -7.46. The van der Waals surface area contributed by atoms with Gasteiger partial charge in [0.2, 0.25) is 0 Å². The molecule has 0 spiro atoms. The number of imidazole rings is 1. The Morgan fingerprint density at radius 2 is 1.45 bits per heavy atom. The summed E-state index contributed by atoms with van der Waals surface area (Å²) < 4.78 is 56.4. The number of anilines is 1. The maximum absolute atomic E-state index is 13.3. The van der Waals surface area contributed by atoms with E-state index in [1.807, 2.05) is 97.1 Å². The Kier molecular flexibility index (Phi) is 19.0. The van der Waals surface area contributed by atoms with Crippen LogP contribution >= 0.6 is 8.53 Å². The Morgan fingerprint density at radius 1 is 0.803 bits per heavy atom. The lowest BCUT2D eigenvalue weighted by molar-refractivity contribution is -0.118. The number of aryl methyl sites for hydroxylation is 1. The van der Waals surface area contributed by atoms with Crippen LogP contribution in [0, 0.1) is 22.7 Å². The van der Waals surface area contributed by atoms with E-state index >= 15 is 0 Å². The van der Waals surface area contributed by atoms with Crippen molar-refractivity contribution in [1.82, 2.24) is 44.4 Å². The van der Waals surface area contributed by atoms with Crippen LogP contribution in [0.25, 0.3) is 11.2 Å². The minimum atomic E-state index is -1.90. The number of rotatable bonds is 27. The highest BCUT2D eigenvalue weighted by Gasteiger charge is 2.52. The van der Waals surface area contributed by atoms with Crippen LogP contribution in [0.5, 0.6) is 17.2 Å². The predicted octanol–water partition coefficient (Wildman–Crippen LogP) is 7.96. The highest BCUT2D eigenvalue weighted by Crippen LogP contribution is 2.52. The first kappa shape index (κ1) is 54.8. The van der Waals surface area contributed by atoms with Gasteiger partial charge in [0, 0.05) is 18.5 Å². The zero-order chi connectivity index (χ0) is 53.4. The van der Waals surface area contributed by atoms with Gasteiger partial charge in [0.25, 0.3) is 14.4 Å². The van der Waals surface area contributed by atoms with E-state index in [0.717, 1.165) is 16.7 Å². The molecule has 1 aliphatic rings. The van der Waals surface area contributed by atoms with E-state index in [2.05, 4.69) is 75.2 Å². The van der Waals surface area contributed by atoms with E-state index in [-0.39, 0.29) is 75.7 Å². The van der Waals surface area contributed by atoms with Crippen molar-refractivity contribution in [2.24, 2.45) is 0 Å². The molecule has 0 radical (unpaired) electrons. The summed E-state index contributed by atoms with van der Waals surface area (Å²) in [5.74, 6) is 1.97. The van der Waals surface area contributed by atoms with E-state index < -0.39 is 44.6 Å². The number of fused-ring (bicyclic) bond motifs is 1. The second-order valence-corrected chi connectivity index (χ2v) is 19.4. The molecule has 1 fully saturated rings. The normalized spacial score (nSPS) is 16.9. The van der Waals surface area contributed by atoms with Gasteiger partial charge in [-0.15, -0.1) is 10.2 Å². The van der Waals surface area contributed by atoms with Crippen molar-refractivity contribution in [2.45, 2.75) is 95.7 Å². The Labute approximate surface area is 442 Å². The summed E-state index contributed by atoms with van der Waals surface area (Å²) in [6.45, 7) is 8.34. The van der Waals surface area contributed by atoms with E-state index in [9.17, 15) is 15.3 Å². The fourth-order valence-electron chi connectivity index (χ4n) is 8.92. The van der Waals surface area contributed by atoms with Gasteiger partial charge in [-0.1, -0.05) is 72.8 Å². The number of benzene rings is 4. The second kappa shape index (κ2) is 26.3. The van der Waals surface area contributed by atoms with Gasteiger partial charge in [-0.25, -0.2) is 19.6 Å². The van der Waals surface area contributed by atoms with Crippen LogP contribution in [0.15, 0.2) is 122 Å². The van der Waals surface area contributed by atoms with Crippen LogP contribution in [0.2, 0.25) is 0 Å². The third kappa shape index (κ3) is 13.0. The number of para-hydroxylation sites is 1. The SMILES string of the molecule is COc1ccc(C(OC[C@H]2O[C@@H](n3cnc4c(NC(=O)COc5ccccc5)ncnc43)[C@H](OCCc3nnn(CCC#N)n3)[C@@H]2OP(OCCC#N)N(C(C)C)C(C)C)(c2ccccc2)c2ccc(OC)cc2)cc1. The molecule has 1 aliphatic heterocycles. The van der Waals surface area contributed by atoms with Crippen molar-refractivity contribution >= 4 is 31.4 Å². The minimum Gasteiger partial charge on any atom is -0.497 e. The zero-order valence-corrected chi connectivity index (χ0v) is 44.1. The Balaban J connectivity index is 1.23. The number of hydrogen-bond acceptors (Lipinski definition) is 18. The lowest BCUT2D eigenvalue weighted by Gasteiger charge is -2.39. The summed E-state index contributed by atoms with van der Waals surface area (Å²) in [5, 5.41) is 34.5. The number of nitriles is 2. The molecule has 7 aromatic rings. The largest absolute Gasteiger partial charge is 0.497 e. The number of tetrazole rings is 1. The number of methoxy groups -OCH3 is 2. The van der Waals surface area contributed by atoms with Crippen LogP contribution in [-0.2, 0) is 46.6 Å². The third-order valence-electron chi connectivity index (χ3n) is 12.4. The van der Waals surface area contributed by atoms with Crippen LogP contribution in [0.3, 0.4) is 0 Å². The molecule has 1 N–H and O–H groups in total.